The number of ether oxygens (including phenoxy) is 1. The molecule has 0 unspecified atom stereocenters. The van der Waals surface area contributed by atoms with Crippen LogP contribution in [-0.4, -0.2) is 12.0 Å². The van der Waals surface area contributed by atoms with Gasteiger partial charge in [0.15, 0.2) is 6.10 Å². The average molecular weight is 180 g/mol. The molecule has 0 heterocycles. The SMILES string of the molecule is C[C@@H](Oc1cccc(N)c1)C(N)=O. The van der Waals surface area contributed by atoms with Crippen molar-refractivity contribution in [3.05, 3.63) is 24.3 Å². The fourth-order valence-electron chi connectivity index (χ4n) is 0.850. The van der Waals surface area contributed by atoms with Crippen LogP contribution in [0.3, 0.4) is 0 Å². The second-order valence-electron chi connectivity index (χ2n) is 2.73. The Morgan fingerprint density at radius 2 is 2.23 bits per heavy atom. The van der Waals surface area contributed by atoms with Crippen molar-refractivity contribution < 1.29 is 9.53 Å². The van der Waals surface area contributed by atoms with Gasteiger partial charge in [-0.1, -0.05) is 6.07 Å². The molecule has 1 rings (SSSR count). The van der Waals surface area contributed by atoms with E-state index in [9.17, 15) is 4.79 Å². The molecule has 4 heteroatoms. The second kappa shape index (κ2) is 3.80. The Hall–Kier alpha value is -1.71. The van der Waals surface area contributed by atoms with Crippen molar-refractivity contribution in [1.29, 1.82) is 0 Å². The Morgan fingerprint density at radius 3 is 2.77 bits per heavy atom. The van der Waals surface area contributed by atoms with E-state index < -0.39 is 12.0 Å². The minimum atomic E-state index is -0.637. The number of amides is 1. The van der Waals surface area contributed by atoms with E-state index in [-0.39, 0.29) is 0 Å². The summed E-state index contributed by atoms with van der Waals surface area (Å²) in [5.74, 6) is 0.0497. The lowest BCUT2D eigenvalue weighted by atomic mass is 10.3. The predicted octanol–water partition coefficient (Wildman–Crippen LogP) is 0.521. The maximum atomic E-state index is 10.7. The molecule has 0 saturated carbocycles. The van der Waals surface area contributed by atoms with Crippen molar-refractivity contribution in [2.24, 2.45) is 5.73 Å². The molecule has 0 saturated heterocycles. The molecule has 0 aliphatic rings. The van der Waals surface area contributed by atoms with Gasteiger partial charge >= 0.3 is 0 Å². The van der Waals surface area contributed by atoms with Crippen molar-refractivity contribution in [2.45, 2.75) is 13.0 Å². The lowest BCUT2D eigenvalue weighted by Gasteiger charge is -2.10. The van der Waals surface area contributed by atoms with E-state index in [2.05, 4.69) is 0 Å². The first kappa shape index (κ1) is 9.38. The summed E-state index contributed by atoms with van der Waals surface area (Å²) in [5.41, 5.74) is 11.1. The molecule has 4 nitrogen and oxygen atoms in total. The van der Waals surface area contributed by atoms with Gasteiger partial charge in [-0.05, 0) is 19.1 Å². The van der Waals surface area contributed by atoms with Crippen LogP contribution in [0.1, 0.15) is 6.92 Å². The molecule has 1 aromatic rings. The zero-order valence-corrected chi connectivity index (χ0v) is 7.36. The topological polar surface area (TPSA) is 78.3 Å². The Morgan fingerprint density at radius 1 is 1.54 bits per heavy atom. The fourth-order valence-corrected chi connectivity index (χ4v) is 0.850. The molecule has 0 spiro atoms. The third-order valence-electron chi connectivity index (χ3n) is 1.57. The molecule has 70 valence electrons. The monoisotopic (exact) mass is 180 g/mol. The van der Waals surface area contributed by atoms with Crippen LogP contribution < -0.4 is 16.2 Å². The highest BCUT2D eigenvalue weighted by molar-refractivity contribution is 5.78. The number of nitrogens with two attached hydrogens (primary N) is 2. The molecule has 0 aromatic heterocycles. The highest BCUT2D eigenvalue weighted by Crippen LogP contribution is 2.15. The summed E-state index contributed by atoms with van der Waals surface area (Å²) in [7, 11) is 0. The van der Waals surface area contributed by atoms with E-state index >= 15 is 0 Å². The number of primary amides is 1. The predicted molar refractivity (Wildman–Crippen MR) is 50.1 cm³/mol. The fraction of sp³-hybridized carbons (Fsp3) is 0.222. The first-order chi connectivity index (χ1) is 6.09. The van der Waals surface area contributed by atoms with E-state index in [0.29, 0.717) is 11.4 Å². The summed E-state index contributed by atoms with van der Waals surface area (Å²) in [4.78, 5) is 10.7. The van der Waals surface area contributed by atoms with Crippen molar-refractivity contribution in [3.63, 3.8) is 0 Å². The maximum absolute atomic E-state index is 10.7. The summed E-state index contributed by atoms with van der Waals surface area (Å²) < 4.78 is 5.20. The van der Waals surface area contributed by atoms with Crippen LogP contribution in [0.5, 0.6) is 5.75 Å². The molecule has 13 heavy (non-hydrogen) atoms. The number of carbonyl (C=O) groups excluding carboxylic acids is 1. The largest absolute Gasteiger partial charge is 0.481 e. The van der Waals surface area contributed by atoms with E-state index in [0.717, 1.165) is 0 Å². The van der Waals surface area contributed by atoms with Crippen LogP contribution in [0, 0.1) is 0 Å². The van der Waals surface area contributed by atoms with Gasteiger partial charge in [-0.15, -0.1) is 0 Å². The van der Waals surface area contributed by atoms with E-state index in [1.54, 1.807) is 31.2 Å². The van der Waals surface area contributed by atoms with Gasteiger partial charge in [0.1, 0.15) is 5.75 Å². The lowest BCUT2D eigenvalue weighted by Crippen LogP contribution is -2.30. The van der Waals surface area contributed by atoms with Gasteiger partial charge in [0.2, 0.25) is 0 Å². The third kappa shape index (κ3) is 2.66. The van der Waals surface area contributed by atoms with Crippen LogP contribution >= 0.6 is 0 Å². The number of hydrogen-bond donors (Lipinski definition) is 2. The summed E-state index contributed by atoms with van der Waals surface area (Å²) in [6.45, 7) is 1.59. The molecule has 0 radical (unpaired) electrons. The van der Waals surface area contributed by atoms with E-state index in [1.807, 2.05) is 0 Å². The van der Waals surface area contributed by atoms with Crippen molar-refractivity contribution in [3.8, 4) is 5.75 Å². The van der Waals surface area contributed by atoms with Crippen molar-refractivity contribution in [2.75, 3.05) is 5.73 Å². The smallest absolute Gasteiger partial charge is 0.258 e. The van der Waals surface area contributed by atoms with E-state index in [1.165, 1.54) is 0 Å². The Kier molecular flexibility index (Phi) is 2.74. The molecule has 0 aliphatic carbocycles. The first-order valence-corrected chi connectivity index (χ1v) is 3.91. The molecule has 0 fully saturated rings. The highest BCUT2D eigenvalue weighted by atomic mass is 16.5. The highest BCUT2D eigenvalue weighted by Gasteiger charge is 2.09. The second-order valence-corrected chi connectivity index (χ2v) is 2.73. The molecule has 4 N–H and O–H groups in total. The van der Waals surface area contributed by atoms with Gasteiger partial charge < -0.3 is 16.2 Å². The summed E-state index contributed by atoms with van der Waals surface area (Å²) >= 11 is 0. The maximum Gasteiger partial charge on any atom is 0.258 e. The van der Waals surface area contributed by atoms with Gasteiger partial charge in [0.25, 0.3) is 5.91 Å². The molecule has 1 aromatic carbocycles. The zero-order valence-electron chi connectivity index (χ0n) is 7.36. The number of carbonyl (C=O) groups is 1. The quantitative estimate of drug-likeness (QED) is 0.665. The Balaban J connectivity index is 2.69. The number of hydrogen-bond acceptors (Lipinski definition) is 3. The van der Waals surface area contributed by atoms with Gasteiger partial charge in [-0.3, -0.25) is 4.79 Å². The minimum Gasteiger partial charge on any atom is -0.481 e. The standard InChI is InChI=1S/C9H12N2O2/c1-6(9(11)12)13-8-4-2-3-7(10)5-8/h2-6H,10H2,1H3,(H2,11,12)/t6-/m1/s1. The number of rotatable bonds is 3. The van der Waals surface area contributed by atoms with Gasteiger partial charge in [-0.25, -0.2) is 0 Å². The molecular weight excluding hydrogens is 168 g/mol. The van der Waals surface area contributed by atoms with Gasteiger partial charge in [0.05, 0.1) is 0 Å². The summed E-state index contributed by atoms with van der Waals surface area (Å²) in [6.07, 6.45) is -0.637. The minimum absolute atomic E-state index is 0.498. The molecule has 0 aliphatic heterocycles. The normalized spacial score (nSPS) is 12.1. The van der Waals surface area contributed by atoms with Crippen LogP contribution in [0.4, 0.5) is 5.69 Å². The summed E-state index contributed by atoms with van der Waals surface area (Å²) in [6, 6.07) is 6.84. The number of anilines is 1. The van der Waals surface area contributed by atoms with Crippen LogP contribution in [0.25, 0.3) is 0 Å². The lowest BCUT2D eigenvalue weighted by molar-refractivity contribution is -0.123. The Bertz CT molecular complexity index is 312. The Labute approximate surface area is 76.5 Å². The van der Waals surface area contributed by atoms with Gasteiger partial charge in [0, 0.05) is 11.8 Å². The van der Waals surface area contributed by atoms with E-state index in [4.69, 9.17) is 16.2 Å². The van der Waals surface area contributed by atoms with Crippen LogP contribution in [-0.2, 0) is 4.79 Å². The zero-order chi connectivity index (χ0) is 9.84. The van der Waals surface area contributed by atoms with Crippen LogP contribution in [0.15, 0.2) is 24.3 Å². The molecule has 0 bridgehead atoms. The number of benzene rings is 1. The van der Waals surface area contributed by atoms with Crippen LogP contribution in [0.2, 0.25) is 0 Å². The number of nitrogen functional groups attached to an aromatic ring is 1. The average Bonchev–Trinajstić information content (AvgIpc) is 2.04. The van der Waals surface area contributed by atoms with Crippen molar-refractivity contribution in [1.82, 2.24) is 0 Å². The molecule has 1 atom stereocenters. The summed E-state index contributed by atoms with van der Waals surface area (Å²) in [5, 5.41) is 0. The van der Waals surface area contributed by atoms with Gasteiger partial charge in [-0.2, -0.15) is 0 Å². The third-order valence-corrected chi connectivity index (χ3v) is 1.57. The molecular formula is C9H12N2O2. The first-order valence-electron chi connectivity index (χ1n) is 3.91. The molecule has 1 amide bonds. The van der Waals surface area contributed by atoms with Crippen molar-refractivity contribution >= 4 is 11.6 Å².